The van der Waals surface area contributed by atoms with E-state index >= 15 is 0 Å². The summed E-state index contributed by atoms with van der Waals surface area (Å²) in [5.41, 5.74) is 0. The van der Waals surface area contributed by atoms with Crippen molar-refractivity contribution < 1.29 is 4.74 Å². The molecule has 106 valence electrons. The van der Waals surface area contributed by atoms with E-state index in [-0.39, 0.29) is 0 Å². The van der Waals surface area contributed by atoms with Crippen LogP contribution >= 0.6 is 12.2 Å². The van der Waals surface area contributed by atoms with E-state index in [4.69, 9.17) is 17.0 Å². The first-order valence-corrected chi connectivity index (χ1v) is 7.65. The lowest BCUT2D eigenvalue weighted by Crippen LogP contribution is -2.38. The van der Waals surface area contributed by atoms with Crippen molar-refractivity contribution in [2.75, 3.05) is 25.2 Å². The summed E-state index contributed by atoms with van der Waals surface area (Å²) in [6.07, 6.45) is 7.20. The van der Waals surface area contributed by atoms with Crippen molar-refractivity contribution in [1.82, 2.24) is 14.8 Å². The van der Waals surface area contributed by atoms with E-state index in [1.165, 1.54) is 25.7 Å². The van der Waals surface area contributed by atoms with Crippen LogP contribution in [0, 0.1) is 4.77 Å². The number of hydrogen-bond donors (Lipinski definition) is 1. The fourth-order valence-corrected chi connectivity index (χ4v) is 3.55. The summed E-state index contributed by atoms with van der Waals surface area (Å²) in [4.78, 5) is 2.28. The van der Waals surface area contributed by atoms with Gasteiger partial charge in [-0.2, -0.15) is 0 Å². The molecule has 1 saturated carbocycles. The summed E-state index contributed by atoms with van der Waals surface area (Å²) < 4.78 is 8.44. The Kier molecular flexibility index (Phi) is 3.88. The average Bonchev–Trinajstić information content (AvgIpc) is 3.08. The molecule has 1 saturated heterocycles. The number of H-pyrrole nitrogens is 1. The second-order valence-corrected chi connectivity index (χ2v) is 5.98. The van der Waals surface area contributed by atoms with E-state index in [1.54, 1.807) is 0 Å². The van der Waals surface area contributed by atoms with Gasteiger partial charge < -0.3 is 9.64 Å². The second kappa shape index (κ2) is 5.63. The van der Waals surface area contributed by atoms with Gasteiger partial charge >= 0.3 is 0 Å². The number of nitrogens with one attached hydrogen (secondary N) is 1. The van der Waals surface area contributed by atoms with Crippen LogP contribution in [-0.2, 0) is 4.74 Å². The molecular weight excluding hydrogens is 260 g/mol. The Morgan fingerprint density at radius 3 is 2.63 bits per heavy atom. The lowest BCUT2D eigenvalue weighted by Gasteiger charge is -2.32. The van der Waals surface area contributed by atoms with Gasteiger partial charge in [0.1, 0.15) is 0 Å². The molecule has 1 N–H and O–H groups in total. The van der Waals surface area contributed by atoms with E-state index in [9.17, 15) is 0 Å². The monoisotopic (exact) mass is 282 g/mol. The highest BCUT2D eigenvalue weighted by molar-refractivity contribution is 7.71. The van der Waals surface area contributed by atoms with Gasteiger partial charge in [-0.1, -0.05) is 12.8 Å². The van der Waals surface area contributed by atoms with Crippen molar-refractivity contribution in [2.24, 2.45) is 0 Å². The van der Waals surface area contributed by atoms with Crippen molar-refractivity contribution in [3.8, 4) is 0 Å². The standard InChI is InChI=1S/C13H22N4OS/c1-16(10-6-8-18-9-7-10)12-14-15-13(19)17(12)11-4-2-3-5-11/h10-11H,2-9H2,1H3,(H,15,19). The first-order chi connectivity index (χ1) is 9.27. The van der Waals surface area contributed by atoms with Crippen LogP contribution < -0.4 is 4.90 Å². The van der Waals surface area contributed by atoms with Gasteiger partial charge in [0.2, 0.25) is 5.95 Å². The minimum absolute atomic E-state index is 0.513. The van der Waals surface area contributed by atoms with E-state index in [2.05, 4.69) is 26.7 Å². The number of aromatic amines is 1. The first kappa shape index (κ1) is 13.1. The van der Waals surface area contributed by atoms with Crippen LogP contribution in [0.15, 0.2) is 0 Å². The molecule has 1 aliphatic heterocycles. The quantitative estimate of drug-likeness (QED) is 0.866. The van der Waals surface area contributed by atoms with Crippen LogP contribution in [-0.4, -0.2) is 41.1 Å². The van der Waals surface area contributed by atoms with E-state index in [0.717, 1.165) is 36.8 Å². The molecule has 0 aromatic carbocycles. The predicted octanol–water partition coefficient (Wildman–Crippen LogP) is 2.67. The van der Waals surface area contributed by atoms with Crippen molar-refractivity contribution in [2.45, 2.75) is 50.6 Å². The van der Waals surface area contributed by atoms with Gasteiger partial charge in [0.25, 0.3) is 0 Å². The highest BCUT2D eigenvalue weighted by Crippen LogP contribution is 2.33. The molecule has 0 amide bonds. The lowest BCUT2D eigenvalue weighted by atomic mass is 10.1. The molecule has 2 heterocycles. The highest BCUT2D eigenvalue weighted by atomic mass is 32.1. The molecule has 3 rings (SSSR count). The maximum Gasteiger partial charge on any atom is 0.225 e. The Morgan fingerprint density at radius 1 is 1.26 bits per heavy atom. The molecular formula is C13H22N4OS. The summed E-state index contributed by atoms with van der Waals surface area (Å²) >= 11 is 5.42. The van der Waals surface area contributed by atoms with E-state index < -0.39 is 0 Å². The van der Waals surface area contributed by atoms with Gasteiger partial charge in [-0.3, -0.25) is 4.57 Å². The number of rotatable bonds is 3. The number of hydrogen-bond acceptors (Lipinski definition) is 4. The molecule has 0 spiro atoms. The van der Waals surface area contributed by atoms with Crippen molar-refractivity contribution in [3.63, 3.8) is 0 Å². The summed E-state index contributed by atoms with van der Waals surface area (Å²) in [7, 11) is 2.13. The smallest absolute Gasteiger partial charge is 0.225 e. The molecule has 0 bridgehead atoms. The fourth-order valence-electron chi connectivity index (χ4n) is 3.27. The molecule has 0 radical (unpaired) electrons. The van der Waals surface area contributed by atoms with Gasteiger partial charge in [0.05, 0.1) is 0 Å². The zero-order valence-corrected chi connectivity index (χ0v) is 12.3. The van der Waals surface area contributed by atoms with Crippen LogP contribution in [0.5, 0.6) is 0 Å². The van der Waals surface area contributed by atoms with Crippen molar-refractivity contribution in [1.29, 1.82) is 0 Å². The third kappa shape index (κ3) is 2.56. The molecule has 2 aliphatic rings. The van der Waals surface area contributed by atoms with E-state index in [0.29, 0.717) is 12.1 Å². The highest BCUT2D eigenvalue weighted by Gasteiger charge is 2.26. The number of nitrogens with zero attached hydrogens (tertiary/aromatic N) is 3. The first-order valence-electron chi connectivity index (χ1n) is 7.25. The SMILES string of the molecule is CN(c1n[nH]c(=S)n1C1CCCC1)C1CCOCC1. The Labute approximate surface area is 118 Å². The van der Waals surface area contributed by atoms with Gasteiger partial charge in [0.15, 0.2) is 4.77 Å². The van der Waals surface area contributed by atoms with E-state index in [1.807, 2.05) is 0 Å². The molecule has 0 unspecified atom stereocenters. The molecule has 1 aliphatic carbocycles. The average molecular weight is 282 g/mol. The summed E-state index contributed by atoms with van der Waals surface area (Å²) in [6, 6.07) is 1.04. The lowest BCUT2D eigenvalue weighted by molar-refractivity contribution is 0.0850. The zero-order chi connectivity index (χ0) is 13.2. The summed E-state index contributed by atoms with van der Waals surface area (Å²) in [5.74, 6) is 1.00. The minimum atomic E-state index is 0.513. The van der Waals surface area contributed by atoms with Gasteiger partial charge in [-0.15, -0.1) is 5.10 Å². The maximum atomic E-state index is 5.44. The van der Waals surface area contributed by atoms with Gasteiger partial charge in [-0.05, 0) is 37.9 Å². The number of ether oxygens (including phenoxy) is 1. The van der Waals surface area contributed by atoms with Crippen LogP contribution in [0.3, 0.4) is 0 Å². The topological polar surface area (TPSA) is 46.1 Å². The summed E-state index contributed by atoms with van der Waals surface area (Å²) in [6.45, 7) is 1.70. The molecule has 2 fully saturated rings. The third-order valence-electron chi connectivity index (χ3n) is 4.43. The maximum absolute atomic E-state index is 5.44. The van der Waals surface area contributed by atoms with Gasteiger partial charge in [0, 0.05) is 32.3 Å². The Bertz CT molecular complexity index is 471. The number of anilines is 1. The predicted molar refractivity (Wildman–Crippen MR) is 77.2 cm³/mol. The minimum Gasteiger partial charge on any atom is -0.381 e. The molecule has 0 atom stereocenters. The zero-order valence-electron chi connectivity index (χ0n) is 11.5. The van der Waals surface area contributed by atoms with Crippen molar-refractivity contribution in [3.05, 3.63) is 4.77 Å². The van der Waals surface area contributed by atoms with Crippen LogP contribution in [0.4, 0.5) is 5.95 Å². The normalized spacial score (nSPS) is 21.9. The summed E-state index contributed by atoms with van der Waals surface area (Å²) in [5, 5.41) is 7.44. The Balaban J connectivity index is 1.85. The van der Waals surface area contributed by atoms with Crippen LogP contribution in [0.2, 0.25) is 0 Å². The van der Waals surface area contributed by atoms with Crippen molar-refractivity contribution >= 4 is 18.2 Å². The molecule has 5 nitrogen and oxygen atoms in total. The molecule has 6 heteroatoms. The Morgan fingerprint density at radius 2 is 1.95 bits per heavy atom. The number of aromatic nitrogens is 3. The molecule has 1 aromatic heterocycles. The molecule has 19 heavy (non-hydrogen) atoms. The Hall–Kier alpha value is -0.880. The second-order valence-electron chi connectivity index (χ2n) is 5.59. The fraction of sp³-hybridized carbons (Fsp3) is 0.846. The largest absolute Gasteiger partial charge is 0.381 e. The van der Waals surface area contributed by atoms with Crippen LogP contribution in [0.25, 0.3) is 0 Å². The molecule has 1 aromatic rings. The van der Waals surface area contributed by atoms with Gasteiger partial charge in [-0.25, -0.2) is 5.10 Å². The van der Waals surface area contributed by atoms with Crippen LogP contribution in [0.1, 0.15) is 44.6 Å². The third-order valence-corrected chi connectivity index (χ3v) is 4.72.